The van der Waals surface area contributed by atoms with Crippen LogP contribution in [0.3, 0.4) is 0 Å². The number of hydrogen-bond donors (Lipinski definition) is 2. The Morgan fingerprint density at radius 2 is 1.90 bits per heavy atom. The minimum atomic E-state index is -0.337. The van der Waals surface area contributed by atoms with Crippen molar-refractivity contribution >= 4 is 11.0 Å². The van der Waals surface area contributed by atoms with Gasteiger partial charge in [-0.1, -0.05) is 6.07 Å². The molecule has 21 heavy (non-hydrogen) atoms. The molecule has 0 bridgehead atoms. The number of rotatable bonds is 2. The number of nitrogens with zero attached hydrogens (tertiary/aromatic N) is 2. The van der Waals surface area contributed by atoms with Crippen molar-refractivity contribution < 1.29 is 14.6 Å². The van der Waals surface area contributed by atoms with Crippen LogP contribution in [-0.4, -0.2) is 19.8 Å². The third-order valence-corrected chi connectivity index (χ3v) is 3.42. The van der Waals surface area contributed by atoms with Gasteiger partial charge in [0.25, 0.3) is 0 Å². The van der Waals surface area contributed by atoms with Crippen molar-refractivity contribution in [2.24, 2.45) is 0 Å². The number of fused-ring (bicyclic) bond motifs is 1. The lowest BCUT2D eigenvalue weighted by atomic mass is 10.1. The standard InChI is InChI=1S/C16H15FN2O2/c1-9(2)19-13-8-10(17)6-7-12(13)18-16(19)11-4-3-5-14(20)15(11)21/h3-9,20-21H,1-2H3. The molecule has 1 heterocycles. The molecule has 0 saturated carbocycles. The van der Waals surface area contributed by atoms with E-state index < -0.39 is 0 Å². The molecule has 0 amide bonds. The lowest BCUT2D eigenvalue weighted by Crippen LogP contribution is -2.03. The van der Waals surface area contributed by atoms with Gasteiger partial charge in [0.1, 0.15) is 11.6 Å². The summed E-state index contributed by atoms with van der Waals surface area (Å²) in [6.07, 6.45) is 0. The number of phenols is 2. The van der Waals surface area contributed by atoms with Gasteiger partial charge in [-0.2, -0.15) is 0 Å². The molecule has 0 unspecified atom stereocenters. The van der Waals surface area contributed by atoms with E-state index in [1.165, 1.54) is 18.2 Å². The van der Waals surface area contributed by atoms with Gasteiger partial charge in [-0.15, -0.1) is 0 Å². The summed E-state index contributed by atoms with van der Waals surface area (Å²) in [4.78, 5) is 4.47. The molecule has 0 aliphatic heterocycles. The second-order valence-electron chi connectivity index (χ2n) is 5.21. The summed E-state index contributed by atoms with van der Waals surface area (Å²) < 4.78 is 15.3. The average Bonchev–Trinajstić information content (AvgIpc) is 2.80. The Hall–Kier alpha value is -2.56. The van der Waals surface area contributed by atoms with Gasteiger partial charge in [-0.25, -0.2) is 9.37 Å². The van der Waals surface area contributed by atoms with Gasteiger partial charge in [-0.3, -0.25) is 0 Å². The summed E-state index contributed by atoms with van der Waals surface area (Å²) in [7, 11) is 0. The molecule has 3 aromatic rings. The molecule has 0 radical (unpaired) electrons. The van der Waals surface area contributed by atoms with Crippen LogP contribution in [0.2, 0.25) is 0 Å². The highest BCUT2D eigenvalue weighted by atomic mass is 19.1. The molecule has 0 atom stereocenters. The number of para-hydroxylation sites is 1. The second-order valence-corrected chi connectivity index (χ2v) is 5.21. The maximum atomic E-state index is 13.5. The molecule has 1 aromatic heterocycles. The Morgan fingerprint density at radius 3 is 2.62 bits per heavy atom. The number of hydrogen-bond acceptors (Lipinski definition) is 3. The van der Waals surface area contributed by atoms with E-state index >= 15 is 0 Å². The fraction of sp³-hybridized carbons (Fsp3) is 0.188. The van der Waals surface area contributed by atoms with Crippen molar-refractivity contribution in [3.63, 3.8) is 0 Å². The number of imidazole rings is 1. The molecule has 0 fully saturated rings. The van der Waals surface area contributed by atoms with E-state index in [0.29, 0.717) is 22.4 Å². The summed E-state index contributed by atoms with van der Waals surface area (Å²) in [5.74, 6) is -0.272. The van der Waals surface area contributed by atoms with Crippen molar-refractivity contribution in [3.05, 3.63) is 42.2 Å². The number of benzene rings is 2. The van der Waals surface area contributed by atoms with E-state index in [1.807, 2.05) is 18.4 Å². The van der Waals surface area contributed by atoms with Crippen molar-refractivity contribution in [1.29, 1.82) is 0 Å². The third kappa shape index (κ3) is 2.11. The van der Waals surface area contributed by atoms with Crippen LogP contribution < -0.4 is 0 Å². The smallest absolute Gasteiger partial charge is 0.168 e. The average molecular weight is 286 g/mol. The predicted molar refractivity (Wildman–Crippen MR) is 78.8 cm³/mol. The highest BCUT2D eigenvalue weighted by Crippen LogP contribution is 2.38. The number of aromatic hydroxyl groups is 2. The maximum Gasteiger partial charge on any atom is 0.168 e. The van der Waals surface area contributed by atoms with E-state index in [2.05, 4.69) is 4.98 Å². The summed E-state index contributed by atoms with van der Waals surface area (Å²) >= 11 is 0. The quantitative estimate of drug-likeness (QED) is 0.704. The van der Waals surface area contributed by atoms with Crippen LogP contribution in [0.5, 0.6) is 11.5 Å². The largest absolute Gasteiger partial charge is 0.504 e. The highest BCUT2D eigenvalue weighted by molar-refractivity contribution is 5.82. The van der Waals surface area contributed by atoms with E-state index in [4.69, 9.17) is 0 Å². The Morgan fingerprint density at radius 1 is 1.14 bits per heavy atom. The number of halogens is 1. The molecule has 0 saturated heterocycles. The molecule has 0 aliphatic rings. The Balaban J connectivity index is 2.37. The van der Waals surface area contributed by atoms with Gasteiger partial charge in [0.15, 0.2) is 11.5 Å². The van der Waals surface area contributed by atoms with Crippen LogP contribution in [0.1, 0.15) is 19.9 Å². The molecule has 0 spiro atoms. The van der Waals surface area contributed by atoms with Gasteiger partial charge in [-0.05, 0) is 44.2 Å². The SMILES string of the molecule is CC(C)n1c(-c2cccc(O)c2O)nc2ccc(F)cc21. The summed E-state index contributed by atoms with van der Waals surface area (Å²) in [6.45, 7) is 3.91. The van der Waals surface area contributed by atoms with Gasteiger partial charge in [0, 0.05) is 6.04 Å². The van der Waals surface area contributed by atoms with E-state index in [-0.39, 0.29) is 23.4 Å². The van der Waals surface area contributed by atoms with Gasteiger partial charge in [0.05, 0.1) is 16.6 Å². The first-order valence-electron chi connectivity index (χ1n) is 6.68. The molecule has 5 heteroatoms. The van der Waals surface area contributed by atoms with Gasteiger partial charge < -0.3 is 14.8 Å². The van der Waals surface area contributed by atoms with E-state index in [9.17, 15) is 14.6 Å². The van der Waals surface area contributed by atoms with Crippen molar-refractivity contribution in [2.75, 3.05) is 0 Å². The highest BCUT2D eigenvalue weighted by Gasteiger charge is 2.19. The Labute approximate surface area is 121 Å². The molecule has 3 rings (SSSR count). The van der Waals surface area contributed by atoms with Crippen LogP contribution >= 0.6 is 0 Å². The molecule has 2 N–H and O–H groups in total. The van der Waals surface area contributed by atoms with Crippen LogP contribution in [0.4, 0.5) is 4.39 Å². The first-order valence-corrected chi connectivity index (χ1v) is 6.68. The van der Waals surface area contributed by atoms with Crippen LogP contribution in [0, 0.1) is 5.82 Å². The zero-order valence-electron chi connectivity index (χ0n) is 11.7. The molecule has 4 nitrogen and oxygen atoms in total. The lowest BCUT2D eigenvalue weighted by Gasteiger charge is -2.14. The second kappa shape index (κ2) is 4.77. The summed E-state index contributed by atoms with van der Waals surface area (Å²) in [5.41, 5.74) is 1.71. The van der Waals surface area contributed by atoms with E-state index in [0.717, 1.165) is 0 Å². The monoisotopic (exact) mass is 286 g/mol. The van der Waals surface area contributed by atoms with Gasteiger partial charge in [0.2, 0.25) is 0 Å². The fourth-order valence-corrected chi connectivity index (χ4v) is 2.49. The number of aromatic nitrogens is 2. The molecule has 108 valence electrons. The molecular weight excluding hydrogens is 271 g/mol. The third-order valence-electron chi connectivity index (χ3n) is 3.42. The normalized spacial score (nSPS) is 11.4. The summed E-state index contributed by atoms with van der Waals surface area (Å²) in [5, 5.41) is 19.7. The zero-order chi connectivity index (χ0) is 15.1. The first-order chi connectivity index (χ1) is 9.99. The zero-order valence-corrected chi connectivity index (χ0v) is 11.7. The van der Waals surface area contributed by atoms with Crippen LogP contribution in [0.25, 0.3) is 22.4 Å². The summed E-state index contributed by atoms with van der Waals surface area (Å²) in [6, 6.07) is 9.11. The topological polar surface area (TPSA) is 58.3 Å². The number of phenolic OH excluding ortho intramolecular Hbond substituents is 2. The first kappa shape index (κ1) is 13.4. The predicted octanol–water partition coefficient (Wildman–Crippen LogP) is 3.83. The van der Waals surface area contributed by atoms with Crippen LogP contribution in [-0.2, 0) is 0 Å². The van der Waals surface area contributed by atoms with Crippen molar-refractivity contribution in [1.82, 2.24) is 9.55 Å². The van der Waals surface area contributed by atoms with Crippen molar-refractivity contribution in [3.8, 4) is 22.9 Å². The molecule has 2 aromatic carbocycles. The van der Waals surface area contributed by atoms with E-state index in [1.54, 1.807) is 18.2 Å². The van der Waals surface area contributed by atoms with Gasteiger partial charge >= 0.3 is 0 Å². The minimum absolute atomic E-state index is 0.0218. The van der Waals surface area contributed by atoms with Crippen molar-refractivity contribution in [2.45, 2.75) is 19.9 Å². The minimum Gasteiger partial charge on any atom is -0.504 e. The molecule has 0 aliphatic carbocycles. The molecular formula is C16H15FN2O2. The fourth-order valence-electron chi connectivity index (χ4n) is 2.49. The lowest BCUT2D eigenvalue weighted by molar-refractivity contribution is 0.404. The Bertz CT molecular complexity index is 825. The van der Waals surface area contributed by atoms with Crippen LogP contribution in [0.15, 0.2) is 36.4 Å². The Kier molecular flexibility index (Phi) is 3.05. The maximum absolute atomic E-state index is 13.5.